The van der Waals surface area contributed by atoms with Crippen LogP contribution in [-0.2, 0) is 21.7 Å². The number of rotatable bonds is 2. The number of benzene rings is 2. The SMILES string of the molecule is C[C]1[C](C)[C](C)[C]([Si](C)(C)C)[C]1C.C[C]1[C](C)[C](C)[C]([Si](C)(C)C)[C]1C.Cc1cc(C(C)(C)C)c([O-])c(C(C)(C)C)c1.Cc1cc(C(C)(C)C)c([O-])c(C(C)(C)C)c1.[Lu].[Lu]. The largest absolute Gasteiger partial charge is 0.872 e. The van der Waals surface area contributed by atoms with Gasteiger partial charge in [0.1, 0.15) is 0 Å². The van der Waals surface area contributed by atoms with Gasteiger partial charge in [-0.15, -0.1) is 11.5 Å². The van der Waals surface area contributed by atoms with Gasteiger partial charge < -0.3 is 10.2 Å². The van der Waals surface area contributed by atoms with Crippen molar-refractivity contribution in [2.45, 2.75) is 213 Å². The molecule has 356 valence electrons. The first-order chi connectivity index (χ1) is 25.6. The van der Waals surface area contributed by atoms with Crippen LogP contribution in [0.3, 0.4) is 0 Å². The van der Waals surface area contributed by atoms with Crippen LogP contribution in [0.15, 0.2) is 24.3 Å². The van der Waals surface area contributed by atoms with E-state index in [2.05, 4.69) is 192 Å². The van der Waals surface area contributed by atoms with E-state index in [0.717, 1.165) is 22.3 Å². The molecular formula is C54H88Lu2O2Si2-2. The van der Waals surface area contributed by atoms with Gasteiger partial charge in [0.05, 0.1) is 16.1 Å². The molecule has 12 radical (unpaired) electrons. The predicted octanol–water partition coefficient (Wildman–Crippen LogP) is 15.0. The molecule has 2 fully saturated rings. The Morgan fingerprint density at radius 1 is 0.317 bits per heavy atom. The van der Waals surface area contributed by atoms with Gasteiger partial charge in [-0.25, -0.2) is 0 Å². The monoisotopic (exact) mass is 1170 g/mol. The van der Waals surface area contributed by atoms with E-state index >= 15 is 0 Å². The molecule has 0 bridgehead atoms. The smallest absolute Gasteiger partial charge is 0.0524 e. The Morgan fingerprint density at radius 2 is 0.467 bits per heavy atom. The van der Waals surface area contributed by atoms with Crippen LogP contribution < -0.4 is 10.2 Å². The molecular weight excluding hydrogens is 1090 g/mol. The fraction of sp³-hybridized carbons (Fsp3) is 0.593. The molecule has 0 N–H and O–H groups in total. The summed E-state index contributed by atoms with van der Waals surface area (Å²) in [7, 11) is -2.27. The molecule has 2 aliphatic carbocycles. The Bertz CT molecular complexity index is 1400. The first-order valence-electron chi connectivity index (χ1n) is 21.7. The fourth-order valence-corrected chi connectivity index (χ4v) is 13.7. The van der Waals surface area contributed by atoms with Crippen molar-refractivity contribution in [3.05, 3.63) is 116 Å². The van der Waals surface area contributed by atoms with Crippen LogP contribution in [-0.4, -0.2) is 16.1 Å². The van der Waals surface area contributed by atoms with Gasteiger partial charge in [0.2, 0.25) is 0 Å². The first kappa shape index (κ1) is 63.0. The van der Waals surface area contributed by atoms with E-state index in [1.165, 1.54) is 34.8 Å². The van der Waals surface area contributed by atoms with Gasteiger partial charge in [-0.1, -0.05) is 213 Å². The molecule has 2 aliphatic rings. The van der Waals surface area contributed by atoms with Gasteiger partial charge in [0.25, 0.3) is 0 Å². The second-order valence-electron chi connectivity index (χ2n) is 23.6. The standard InChI is InChI=1S/2C15H24O.2C12H21Si.2Lu/c2*1-10-8-11(14(2,3)4)13(16)12(9-10)15(5,6)7;2*1-8-9(2)11(4)12(10(8)3)13(5,6)7;;/h2*8-9,16H,1-7H3;2*1-7H3;;/p-2. The minimum absolute atomic E-state index is 0. The molecule has 0 heterocycles. The van der Waals surface area contributed by atoms with E-state index in [-0.39, 0.29) is 107 Å². The maximum Gasteiger partial charge on any atom is 0.0524 e. The summed E-state index contributed by atoms with van der Waals surface area (Å²) < 4.78 is 0. The molecule has 0 saturated heterocycles. The number of hydrogen-bond donors (Lipinski definition) is 0. The van der Waals surface area contributed by atoms with E-state index in [0.29, 0.717) is 0 Å². The zero-order chi connectivity index (χ0) is 46.2. The first-order valence-corrected chi connectivity index (χ1v) is 28.7. The van der Waals surface area contributed by atoms with Crippen LogP contribution in [0.5, 0.6) is 11.5 Å². The summed E-state index contributed by atoms with van der Waals surface area (Å²) in [6, 6.07) is 8.10. The third-order valence-electron chi connectivity index (χ3n) is 12.1. The van der Waals surface area contributed by atoms with Crippen molar-refractivity contribution >= 4 is 16.1 Å². The summed E-state index contributed by atoms with van der Waals surface area (Å²) in [6.45, 7) is 62.0. The Balaban J connectivity index is 0. The zero-order valence-electron chi connectivity index (χ0n) is 43.6. The number of aryl methyl sites for hydroxylation is 2. The summed E-state index contributed by atoms with van der Waals surface area (Å²) in [5, 5.41) is 24.8. The van der Waals surface area contributed by atoms with Crippen LogP contribution in [0.25, 0.3) is 0 Å². The van der Waals surface area contributed by atoms with Gasteiger partial charge in [0, 0.05) is 73.7 Å². The molecule has 0 unspecified atom stereocenters. The average molecular weight is 1180 g/mol. The van der Waals surface area contributed by atoms with Crippen molar-refractivity contribution in [1.29, 1.82) is 0 Å². The van der Waals surface area contributed by atoms with Crippen molar-refractivity contribution in [1.82, 2.24) is 0 Å². The third kappa shape index (κ3) is 16.7. The minimum Gasteiger partial charge on any atom is -0.872 e. The molecule has 4 rings (SSSR count). The molecule has 2 aromatic rings. The number of hydrogen-bond acceptors (Lipinski definition) is 2. The van der Waals surface area contributed by atoms with Crippen LogP contribution >= 0.6 is 0 Å². The molecule has 0 amide bonds. The topological polar surface area (TPSA) is 46.1 Å². The summed E-state index contributed by atoms with van der Waals surface area (Å²) in [4.78, 5) is 0. The van der Waals surface area contributed by atoms with Crippen molar-refractivity contribution in [3.63, 3.8) is 0 Å². The van der Waals surface area contributed by atoms with Gasteiger partial charge in [-0.2, -0.15) is 0 Å². The molecule has 0 aromatic heterocycles. The van der Waals surface area contributed by atoms with E-state index < -0.39 is 16.1 Å². The quantitative estimate of drug-likeness (QED) is 0.281. The molecule has 0 atom stereocenters. The molecule has 2 aromatic carbocycles. The van der Waals surface area contributed by atoms with Crippen LogP contribution in [0, 0.1) is 146 Å². The summed E-state index contributed by atoms with van der Waals surface area (Å²) in [5.74, 6) is 12.7. The summed E-state index contributed by atoms with van der Waals surface area (Å²) in [5.41, 5.74) is 9.11. The molecule has 60 heavy (non-hydrogen) atoms. The van der Waals surface area contributed by atoms with Crippen molar-refractivity contribution < 1.29 is 84.0 Å². The molecule has 2 saturated carbocycles. The second-order valence-corrected chi connectivity index (χ2v) is 33.6. The third-order valence-corrected chi connectivity index (χ3v) is 16.6. The Labute approximate surface area is 436 Å². The van der Waals surface area contributed by atoms with E-state index in [1.54, 1.807) is 34.8 Å². The van der Waals surface area contributed by atoms with Crippen molar-refractivity contribution in [3.8, 4) is 11.5 Å². The van der Waals surface area contributed by atoms with Crippen molar-refractivity contribution in [2.75, 3.05) is 0 Å². The second kappa shape index (κ2) is 23.1. The van der Waals surface area contributed by atoms with Gasteiger partial charge >= 0.3 is 0 Å². The molecule has 0 spiro atoms. The van der Waals surface area contributed by atoms with Crippen LogP contribution in [0.4, 0.5) is 0 Å². The summed E-state index contributed by atoms with van der Waals surface area (Å²) in [6.07, 6.45) is 0. The normalized spacial score (nSPS) is 18.2. The Kier molecular flexibility index (Phi) is 24.3. The average Bonchev–Trinajstić information content (AvgIpc) is 3.34. The van der Waals surface area contributed by atoms with Gasteiger partial charge in [-0.3, -0.25) is 0 Å². The molecule has 6 heteroatoms. The Hall–Kier alpha value is 0.941. The maximum absolute atomic E-state index is 12.4. The maximum atomic E-state index is 12.4. The minimum atomic E-state index is -1.13. The van der Waals surface area contributed by atoms with E-state index in [1.807, 2.05) is 24.3 Å². The van der Waals surface area contributed by atoms with Gasteiger partial charge in [0.15, 0.2) is 0 Å². The predicted molar refractivity (Wildman–Crippen MR) is 261 cm³/mol. The van der Waals surface area contributed by atoms with E-state index in [9.17, 15) is 10.2 Å². The zero-order valence-corrected chi connectivity index (χ0v) is 49.0. The van der Waals surface area contributed by atoms with Crippen LogP contribution in [0.1, 0.15) is 172 Å². The van der Waals surface area contributed by atoms with Crippen molar-refractivity contribution in [2.24, 2.45) is 0 Å². The molecule has 2 nitrogen and oxygen atoms in total. The summed E-state index contributed by atoms with van der Waals surface area (Å²) >= 11 is 0. The van der Waals surface area contributed by atoms with Crippen LogP contribution in [0.2, 0.25) is 39.3 Å². The van der Waals surface area contributed by atoms with Gasteiger partial charge in [-0.05, 0) is 116 Å². The Morgan fingerprint density at radius 3 is 0.567 bits per heavy atom. The molecule has 0 aliphatic heterocycles. The van der Waals surface area contributed by atoms with E-state index in [4.69, 9.17) is 0 Å². The fourth-order valence-electron chi connectivity index (χ4n) is 8.46.